The van der Waals surface area contributed by atoms with E-state index in [0.29, 0.717) is 22.9 Å². The van der Waals surface area contributed by atoms with Crippen molar-refractivity contribution < 1.29 is 23.5 Å². The normalized spacial score (nSPS) is 10.7. The van der Waals surface area contributed by atoms with E-state index in [9.17, 15) is 4.79 Å². The average molecular weight is 304 g/mol. The number of esters is 1. The van der Waals surface area contributed by atoms with Gasteiger partial charge in [0.05, 0.1) is 14.2 Å². The lowest BCUT2D eigenvalue weighted by Gasteiger charge is -2.07. The Kier molecular flexibility index (Phi) is 5.13. The van der Waals surface area contributed by atoms with Crippen LogP contribution in [-0.4, -0.2) is 30.3 Å². The Morgan fingerprint density at radius 3 is 2.73 bits per heavy atom. The van der Waals surface area contributed by atoms with E-state index in [1.54, 1.807) is 45.4 Å². The monoisotopic (exact) mass is 304 g/mol. The molecule has 1 heterocycles. The van der Waals surface area contributed by atoms with Crippen LogP contribution >= 0.6 is 0 Å². The third-order valence-corrected chi connectivity index (χ3v) is 2.75. The van der Waals surface area contributed by atoms with Gasteiger partial charge in [-0.25, -0.2) is 4.79 Å². The highest BCUT2D eigenvalue weighted by molar-refractivity contribution is 5.81. The average Bonchev–Trinajstić information content (AvgIpc) is 3.01. The van der Waals surface area contributed by atoms with Crippen molar-refractivity contribution in [3.05, 3.63) is 36.2 Å². The summed E-state index contributed by atoms with van der Waals surface area (Å²) in [5.41, 5.74) is 0.701. The summed E-state index contributed by atoms with van der Waals surface area (Å²) in [7, 11) is 3.10. The summed E-state index contributed by atoms with van der Waals surface area (Å²) in [6.45, 7) is 1.65. The maximum atomic E-state index is 11.2. The highest BCUT2D eigenvalue weighted by atomic mass is 16.6. The van der Waals surface area contributed by atoms with Crippen LogP contribution in [0.15, 0.2) is 34.9 Å². The number of aromatic nitrogens is 2. The number of rotatable bonds is 6. The van der Waals surface area contributed by atoms with Crippen LogP contribution in [0.5, 0.6) is 11.5 Å². The summed E-state index contributed by atoms with van der Waals surface area (Å²) < 4.78 is 20.4. The second kappa shape index (κ2) is 7.26. The van der Waals surface area contributed by atoms with E-state index < -0.39 is 5.97 Å². The van der Waals surface area contributed by atoms with Gasteiger partial charge in [0.15, 0.2) is 18.1 Å². The fourth-order valence-electron chi connectivity index (χ4n) is 1.72. The summed E-state index contributed by atoms with van der Waals surface area (Å²) in [6, 6.07) is 5.26. The van der Waals surface area contributed by atoms with Crippen molar-refractivity contribution in [2.75, 3.05) is 14.2 Å². The Morgan fingerprint density at radius 1 is 1.27 bits per heavy atom. The van der Waals surface area contributed by atoms with E-state index in [-0.39, 0.29) is 12.5 Å². The first-order chi connectivity index (χ1) is 10.7. The maximum Gasteiger partial charge on any atom is 0.330 e. The summed E-state index contributed by atoms with van der Waals surface area (Å²) in [5, 5.41) is 3.85. The quantitative estimate of drug-likeness (QED) is 0.598. The van der Waals surface area contributed by atoms with Gasteiger partial charge in [-0.15, -0.1) is 0 Å². The van der Waals surface area contributed by atoms with Crippen LogP contribution in [0.2, 0.25) is 0 Å². The second-order valence-corrected chi connectivity index (χ2v) is 4.19. The molecular formula is C15H16N2O5. The molecule has 0 saturated carbocycles. The highest BCUT2D eigenvalue weighted by Gasteiger charge is 2.13. The molecule has 0 atom stereocenters. The number of benzene rings is 1. The zero-order valence-corrected chi connectivity index (χ0v) is 12.5. The fourth-order valence-corrected chi connectivity index (χ4v) is 1.72. The lowest BCUT2D eigenvalue weighted by molar-refractivity contribution is -0.139. The molecule has 0 aliphatic rings. The van der Waals surface area contributed by atoms with E-state index in [2.05, 4.69) is 10.1 Å². The van der Waals surface area contributed by atoms with Crippen molar-refractivity contribution in [3.8, 4) is 22.9 Å². The first-order valence-electron chi connectivity index (χ1n) is 6.52. The van der Waals surface area contributed by atoms with Crippen molar-refractivity contribution in [2.45, 2.75) is 13.5 Å². The number of methoxy groups -OCH3 is 2. The first kappa shape index (κ1) is 15.6. The van der Waals surface area contributed by atoms with Crippen LogP contribution in [0, 0.1) is 0 Å². The number of hydrogen-bond acceptors (Lipinski definition) is 7. The maximum absolute atomic E-state index is 11.2. The molecule has 7 nitrogen and oxygen atoms in total. The van der Waals surface area contributed by atoms with E-state index in [4.69, 9.17) is 18.7 Å². The molecule has 1 aromatic carbocycles. The molecule has 2 rings (SSSR count). The predicted molar refractivity (Wildman–Crippen MR) is 77.4 cm³/mol. The minimum absolute atomic E-state index is 0.0799. The number of ether oxygens (including phenoxy) is 3. The van der Waals surface area contributed by atoms with Crippen molar-refractivity contribution in [1.29, 1.82) is 0 Å². The Bertz CT molecular complexity index is 678. The first-order valence-corrected chi connectivity index (χ1v) is 6.52. The molecule has 0 aliphatic carbocycles. The van der Waals surface area contributed by atoms with Crippen molar-refractivity contribution >= 4 is 5.97 Å². The molecule has 0 saturated heterocycles. The second-order valence-electron chi connectivity index (χ2n) is 4.19. The largest absolute Gasteiger partial charge is 0.493 e. The van der Waals surface area contributed by atoms with Gasteiger partial charge in [-0.3, -0.25) is 0 Å². The number of hydrogen-bond donors (Lipinski definition) is 0. The molecule has 1 aromatic heterocycles. The minimum Gasteiger partial charge on any atom is -0.493 e. The van der Waals surface area contributed by atoms with Crippen molar-refractivity contribution in [2.24, 2.45) is 0 Å². The molecule has 7 heteroatoms. The van der Waals surface area contributed by atoms with E-state index in [1.807, 2.05) is 0 Å². The topological polar surface area (TPSA) is 83.7 Å². The number of allylic oxidation sites excluding steroid dienone is 1. The van der Waals surface area contributed by atoms with Gasteiger partial charge in [-0.05, 0) is 25.1 Å². The van der Waals surface area contributed by atoms with Crippen LogP contribution in [0.25, 0.3) is 11.4 Å². The molecule has 0 N–H and O–H groups in total. The molecule has 0 fully saturated rings. The Hall–Kier alpha value is -2.83. The molecule has 0 spiro atoms. The number of carbonyl (C=O) groups is 1. The summed E-state index contributed by atoms with van der Waals surface area (Å²) in [4.78, 5) is 15.4. The van der Waals surface area contributed by atoms with Gasteiger partial charge in [0.2, 0.25) is 5.82 Å². The fraction of sp³-hybridized carbons (Fsp3) is 0.267. The van der Waals surface area contributed by atoms with Gasteiger partial charge < -0.3 is 18.7 Å². The van der Waals surface area contributed by atoms with Crippen LogP contribution in [0.4, 0.5) is 0 Å². The van der Waals surface area contributed by atoms with Crippen molar-refractivity contribution in [3.63, 3.8) is 0 Å². The van der Waals surface area contributed by atoms with Gasteiger partial charge in [-0.2, -0.15) is 4.98 Å². The van der Waals surface area contributed by atoms with Gasteiger partial charge >= 0.3 is 5.97 Å². The lowest BCUT2D eigenvalue weighted by Crippen LogP contribution is -2.00. The molecule has 2 aromatic rings. The molecule has 116 valence electrons. The van der Waals surface area contributed by atoms with Gasteiger partial charge in [0.25, 0.3) is 5.89 Å². The lowest BCUT2D eigenvalue weighted by atomic mass is 10.2. The SMILES string of the molecule is C/C=C/C(=O)OCc1nc(-c2ccc(OC)c(OC)c2)no1. The molecule has 0 unspecified atom stereocenters. The molecule has 22 heavy (non-hydrogen) atoms. The highest BCUT2D eigenvalue weighted by Crippen LogP contribution is 2.31. The Balaban J connectivity index is 2.12. The predicted octanol–water partition coefficient (Wildman–Crippen LogP) is 2.37. The third-order valence-electron chi connectivity index (χ3n) is 2.75. The van der Waals surface area contributed by atoms with Gasteiger partial charge in [-0.1, -0.05) is 11.2 Å². The van der Waals surface area contributed by atoms with Crippen LogP contribution < -0.4 is 9.47 Å². The van der Waals surface area contributed by atoms with Crippen LogP contribution in [-0.2, 0) is 16.1 Å². The molecule has 0 bridgehead atoms. The van der Waals surface area contributed by atoms with E-state index in [1.165, 1.54) is 6.08 Å². The Labute approximate surface area is 127 Å². The summed E-state index contributed by atoms with van der Waals surface area (Å²) in [5.74, 6) is 1.29. The number of nitrogens with zero attached hydrogens (tertiary/aromatic N) is 2. The van der Waals surface area contributed by atoms with Gasteiger partial charge in [0.1, 0.15) is 0 Å². The summed E-state index contributed by atoms with van der Waals surface area (Å²) in [6.07, 6.45) is 2.90. The van der Waals surface area contributed by atoms with Gasteiger partial charge in [0, 0.05) is 11.6 Å². The number of carbonyl (C=O) groups excluding carboxylic acids is 1. The Morgan fingerprint density at radius 2 is 2.05 bits per heavy atom. The zero-order valence-electron chi connectivity index (χ0n) is 12.5. The molecule has 0 amide bonds. The zero-order chi connectivity index (χ0) is 15.9. The van der Waals surface area contributed by atoms with Crippen LogP contribution in [0.1, 0.15) is 12.8 Å². The van der Waals surface area contributed by atoms with Crippen molar-refractivity contribution in [1.82, 2.24) is 10.1 Å². The molecule has 0 radical (unpaired) electrons. The van der Waals surface area contributed by atoms with E-state index >= 15 is 0 Å². The standard InChI is InChI=1S/C15H16N2O5/c1-4-5-14(18)21-9-13-16-15(17-22-13)10-6-7-11(19-2)12(8-10)20-3/h4-8H,9H2,1-3H3/b5-4+. The minimum atomic E-state index is -0.464. The van der Waals surface area contributed by atoms with Crippen LogP contribution in [0.3, 0.4) is 0 Å². The summed E-state index contributed by atoms with van der Waals surface area (Å²) >= 11 is 0. The third kappa shape index (κ3) is 3.63. The molecular weight excluding hydrogens is 288 g/mol. The smallest absolute Gasteiger partial charge is 0.330 e. The molecule has 0 aliphatic heterocycles. The van der Waals surface area contributed by atoms with E-state index in [0.717, 1.165) is 0 Å².